The van der Waals surface area contributed by atoms with Gasteiger partial charge in [-0.05, 0) is 38.6 Å². The van der Waals surface area contributed by atoms with Crippen LogP contribution in [0.25, 0.3) is 0 Å². The van der Waals surface area contributed by atoms with Crippen molar-refractivity contribution in [2.45, 2.75) is 44.2 Å². The second-order valence-electron chi connectivity index (χ2n) is 5.09. The second kappa shape index (κ2) is 4.96. The number of amidine groups is 1. The Balaban J connectivity index is 1.54. The predicted octanol–water partition coefficient (Wildman–Crippen LogP) is 1.70. The summed E-state index contributed by atoms with van der Waals surface area (Å²) in [5.74, 6) is 1.24. The van der Waals surface area contributed by atoms with Crippen molar-refractivity contribution < 1.29 is 0 Å². The van der Waals surface area contributed by atoms with Gasteiger partial charge < -0.3 is 10.2 Å². The van der Waals surface area contributed by atoms with E-state index in [1.807, 2.05) is 11.8 Å². The van der Waals surface area contributed by atoms with Crippen LogP contribution in [0.4, 0.5) is 0 Å². The number of fused-ring (bicyclic) bond motifs is 1. The zero-order valence-electron chi connectivity index (χ0n) is 9.82. The third-order valence-electron chi connectivity index (χ3n) is 3.94. The molecule has 2 atom stereocenters. The standard InChI is InChI=1S/C12H21N3S/c1-3-11-9-10(4-7-15(11)6-1)14-12-13-5-2-8-16-12/h10-11H,1-9H2,(H,13,14). The zero-order valence-corrected chi connectivity index (χ0v) is 10.6. The van der Waals surface area contributed by atoms with Crippen molar-refractivity contribution >= 4 is 16.9 Å². The van der Waals surface area contributed by atoms with Gasteiger partial charge in [-0.25, -0.2) is 0 Å². The van der Waals surface area contributed by atoms with Gasteiger partial charge in [0.25, 0.3) is 0 Å². The number of aliphatic imine (C=N–C) groups is 1. The predicted molar refractivity (Wildman–Crippen MR) is 70.1 cm³/mol. The summed E-state index contributed by atoms with van der Waals surface area (Å²) < 4.78 is 0. The van der Waals surface area contributed by atoms with Gasteiger partial charge in [0.15, 0.2) is 5.17 Å². The molecule has 0 aromatic carbocycles. The van der Waals surface area contributed by atoms with Gasteiger partial charge in [-0.3, -0.25) is 4.99 Å². The van der Waals surface area contributed by atoms with Crippen molar-refractivity contribution in [2.24, 2.45) is 4.99 Å². The van der Waals surface area contributed by atoms with E-state index in [4.69, 9.17) is 0 Å². The molecule has 0 radical (unpaired) electrons. The van der Waals surface area contributed by atoms with Gasteiger partial charge in [-0.2, -0.15) is 0 Å². The van der Waals surface area contributed by atoms with Crippen LogP contribution in [-0.4, -0.2) is 47.5 Å². The van der Waals surface area contributed by atoms with Crippen LogP contribution in [0.3, 0.4) is 0 Å². The molecule has 2 saturated heterocycles. The molecule has 0 spiro atoms. The Labute approximate surface area is 102 Å². The SMILES string of the molecule is C1CN=C(NC2CCN3CCCC3C2)SC1. The molecule has 3 rings (SSSR count). The first kappa shape index (κ1) is 10.9. The van der Waals surface area contributed by atoms with E-state index < -0.39 is 0 Å². The van der Waals surface area contributed by atoms with Crippen molar-refractivity contribution in [1.29, 1.82) is 0 Å². The molecule has 0 aromatic heterocycles. The maximum absolute atomic E-state index is 4.56. The van der Waals surface area contributed by atoms with Gasteiger partial charge in [0.05, 0.1) is 0 Å². The van der Waals surface area contributed by atoms with Gasteiger partial charge in [0.2, 0.25) is 0 Å². The minimum Gasteiger partial charge on any atom is -0.362 e. The molecule has 2 fully saturated rings. The molecular weight excluding hydrogens is 218 g/mol. The summed E-state index contributed by atoms with van der Waals surface area (Å²) in [4.78, 5) is 7.24. The zero-order chi connectivity index (χ0) is 10.8. The summed E-state index contributed by atoms with van der Waals surface area (Å²) in [6.07, 6.45) is 6.71. The van der Waals surface area contributed by atoms with Crippen molar-refractivity contribution in [2.75, 3.05) is 25.4 Å². The summed E-state index contributed by atoms with van der Waals surface area (Å²) in [7, 11) is 0. The lowest BCUT2D eigenvalue weighted by Gasteiger charge is -2.35. The van der Waals surface area contributed by atoms with E-state index in [0.29, 0.717) is 6.04 Å². The lowest BCUT2D eigenvalue weighted by molar-refractivity contribution is 0.175. The first-order valence-electron chi connectivity index (χ1n) is 6.59. The lowest BCUT2D eigenvalue weighted by Crippen LogP contribution is -2.47. The van der Waals surface area contributed by atoms with E-state index in [0.717, 1.165) is 12.6 Å². The average molecular weight is 239 g/mol. The molecule has 3 heterocycles. The average Bonchev–Trinajstić information content (AvgIpc) is 2.77. The highest BCUT2D eigenvalue weighted by molar-refractivity contribution is 8.13. The van der Waals surface area contributed by atoms with E-state index >= 15 is 0 Å². The monoisotopic (exact) mass is 239 g/mol. The van der Waals surface area contributed by atoms with Crippen molar-refractivity contribution in [3.8, 4) is 0 Å². The van der Waals surface area contributed by atoms with E-state index in [1.54, 1.807) is 0 Å². The molecule has 0 amide bonds. The highest BCUT2D eigenvalue weighted by Crippen LogP contribution is 2.27. The Morgan fingerprint density at radius 1 is 1.25 bits per heavy atom. The number of thioether (sulfide) groups is 1. The molecule has 4 heteroatoms. The Bertz CT molecular complexity index is 279. The van der Waals surface area contributed by atoms with Crippen LogP contribution >= 0.6 is 11.8 Å². The van der Waals surface area contributed by atoms with Gasteiger partial charge in [0.1, 0.15) is 0 Å². The van der Waals surface area contributed by atoms with Crippen LogP contribution < -0.4 is 5.32 Å². The summed E-state index contributed by atoms with van der Waals surface area (Å²) >= 11 is 1.91. The van der Waals surface area contributed by atoms with Crippen molar-refractivity contribution in [1.82, 2.24) is 10.2 Å². The molecular formula is C12H21N3S. The van der Waals surface area contributed by atoms with E-state index in [2.05, 4.69) is 15.2 Å². The molecule has 3 aliphatic heterocycles. The van der Waals surface area contributed by atoms with Crippen molar-refractivity contribution in [3.05, 3.63) is 0 Å². The van der Waals surface area contributed by atoms with E-state index in [1.165, 1.54) is 56.1 Å². The molecule has 3 aliphatic rings. The third kappa shape index (κ3) is 2.38. The van der Waals surface area contributed by atoms with Crippen LogP contribution in [0.1, 0.15) is 32.1 Å². The fraction of sp³-hybridized carbons (Fsp3) is 0.917. The smallest absolute Gasteiger partial charge is 0.156 e. The summed E-state index contributed by atoms with van der Waals surface area (Å²) in [6, 6.07) is 1.55. The molecule has 16 heavy (non-hydrogen) atoms. The first-order chi connectivity index (χ1) is 7.92. The highest BCUT2D eigenvalue weighted by atomic mass is 32.2. The van der Waals surface area contributed by atoms with Gasteiger partial charge in [0, 0.05) is 30.9 Å². The van der Waals surface area contributed by atoms with E-state index in [-0.39, 0.29) is 0 Å². The fourth-order valence-electron chi connectivity index (χ4n) is 3.08. The maximum atomic E-state index is 4.56. The van der Waals surface area contributed by atoms with Crippen molar-refractivity contribution in [3.63, 3.8) is 0 Å². The molecule has 3 nitrogen and oxygen atoms in total. The van der Waals surface area contributed by atoms with Gasteiger partial charge in [-0.15, -0.1) is 0 Å². The summed E-state index contributed by atoms with van der Waals surface area (Å²) in [5.41, 5.74) is 0. The molecule has 1 N–H and O–H groups in total. The largest absolute Gasteiger partial charge is 0.362 e. The number of hydrogen-bond acceptors (Lipinski definition) is 4. The minimum absolute atomic E-state index is 0.684. The number of hydrogen-bond donors (Lipinski definition) is 1. The quantitative estimate of drug-likeness (QED) is 0.755. The molecule has 0 bridgehead atoms. The second-order valence-corrected chi connectivity index (χ2v) is 6.17. The molecule has 0 saturated carbocycles. The Hall–Kier alpha value is -0.220. The molecule has 0 aromatic rings. The molecule has 90 valence electrons. The van der Waals surface area contributed by atoms with Crippen LogP contribution in [0.2, 0.25) is 0 Å². The molecule has 0 aliphatic carbocycles. The number of rotatable bonds is 1. The Morgan fingerprint density at radius 3 is 3.12 bits per heavy atom. The maximum Gasteiger partial charge on any atom is 0.156 e. The van der Waals surface area contributed by atoms with Crippen LogP contribution in [0.5, 0.6) is 0 Å². The summed E-state index contributed by atoms with van der Waals surface area (Å²) in [6.45, 7) is 3.66. The number of piperidine rings is 1. The number of nitrogens with zero attached hydrogens (tertiary/aromatic N) is 2. The summed E-state index contributed by atoms with van der Waals surface area (Å²) in [5, 5.41) is 4.87. The Morgan fingerprint density at radius 2 is 2.25 bits per heavy atom. The van der Waals surface area contributed by atoms with Gasteiger partial charge >= 0.3 is 0 Å². The minimum atomic E-state index is 0.684. The third-order valence-corrected chi connectivity index (χ3v) is 4.96. The normalized spacial score (nSPS) is 35.6. The van der Waals surface area contributed by atoms with Crippen LogP contribution in [0, 0.1) is 0 Å². The topological polar surface area (TPSA) is 27.6 Å². The van der Waals surface area contributed by atoms with Crippen LogP contribution in [-0.2, 0) is 0 Å². The molecule has 2 unspecified atom stereocenters. The fourth-order valence-corrected chi connectivity index (χ4v) is 3.98. The highest BCUT2D eigenvalue weighted by Gasteiger charge is 2.31. The van der Waals surface area contributed by atoms with E-state index in [9.17, 15) is 0 Å². The lowest BCUT2D eigenvalue weighted by atomic mass is 9.98. The Kier molecular flexibility index (Phi) is 3.38. The van der Waals surface area contributed by atoms with Gasteiger partial charge in [-0.1, -0.05) is 11.8 Å². The number of nitrogens with one attached hydrogen (secondary N) is 1. The first-order valence-corrected chi connectivity index (χ1v) is 7.58. The van der Waals surface area contributed by atoms with Crippen LogP contribution in [0.15, 0.2) is 4.99 Å².